The number of rotatable bonds is 6. The number of hydrogen-bond acceptors (Lipinski definition) is 6. The van der Waals surface area contributed by atoms with E-state index in [9.17, 15) is 13.2 Å². The van der Waals surface area contributed by atoms with Gasteiger partial charge in [-0.1, -0.05) is 126 Å². The molecular formula is C57H48F3IrN6. The molecular weight excluding hydrogens is 1020 g/mol. The molecule has 0 spiro atoms. The van der Waals surface area contributed by atoms with Crippen LogP contribution in [0.2, 0.25) is 0 Å². The molecule has 0 aliphatic heterocycles. The van der Waals surface area contributed by atoms with E-state index in [2.05, 4.69) is 99.0 Å². The molecule has 0 amide bonds. The molecule has 0 radical (unpaired) electrons. The van der Waals surface area contributed by atoms with Crippen LogP contribution in [-0.4, -0.2) is 29.9 Å². The van der Waals surface area contributed by atoms with E-state index >= 15 is 0 Å². The summed E-state index contributed by atoms with van der Waals surface area (Å²) in [4.78, 5) is 27.3. The van der Waals surface area contributed by atoms with Gasteiger partial charge in [-0.15, -0.1) is 102 Å². The van der Waals surface area contributed by atoms with Crippen molar-refractivity contribution in [2.45, 2.75) is 58.5 Å². The van der Waals surface area contributed by atoms with Crippen LogP contribution in [0.1, 0.15) is 58.2 Å². The minimum absolute atomic E-state index is 0. The fourth-order valence-electron chi connectivity index (χ4n) is 6.60. The molecule has 4 aromatic heterocycles. The summed E-state index contributed by atoms with van der Waals surface area (Å²) in [5.74, 6) is 1.52. The van der Waals surface area contributed by atoms with E-state index in [-0.39, 0.29) is 30.9 Å². The molecule has 0 atom stereocenters. The summed E-state index contributed by atoms with van der Waals surface area (Å²) in [6, 6.07) is 59.6. The molecule has 0 saturated heterocycles. The summed E-state index contributed by atoms with van der Waals surface area (Å²) in [6.45, 7) is 13.0. The zero-order valence-electron chi connectivity index (χ0n) is 38.0. The quantitative estimate of drug-likeness (QED) is 0.154. The van der Waals surface area contributed by atoms with Gasteiger partial charge >= 0.3 is 26.3 Å². The van der Waals surface area contributed by atoms with Gasteiger partial charge in [-0.05, 0) is 56.7 Å². The Bertz CT molecular complexity index is 2680. The molecule has 336 valence electrons. The summed E-state index contributed by atoms with van der Waals surface area (Å²) in [5.41, 5.74) is 9.06. The summed E-state index contributed by atoms with van der Waals surface area (Å²) >= 11 is 0. The van der Waals surface area contributed by atoms with Gasteiger partial charge in [-0.25, -0.2) is 15.0 Å². The minimum atomic E-state index is -4.42. The van der Waals surface area contributed by atoms with Crippen molar-refractivity contribution in [1.29, 1.82) is 0 Å². The molecule has 4 heterocycles. The first-order valence-corrected chi connectivity index (χ1v) is 21.4. The van der Waals surface area contributed by atoms with E-state index in [1.165, 1.54) is 17.2 Å². The van der Waals surface area contributed by atoms with Crippen molar-refractivity contribution in [3.8, 4) is 67.9 Å². The average molecular weight is 1070 g/mol. The second-order valence-electron chi connectivity index (χ2n) is 17.4. The molecule has 10 heteroatoms. The molecule has 0 saturated carbocycles. The van der Waals surface area contributed by atoms with E-state index in [0.717, 1.165) is 45.8 Å². The fourth-order valence-corrected chi connectivity index (χ4v) is 6.60. The van der Waals surface area contributed by atoms with E-state index < -0.39 is 11.7 Å². The van der Waals surface area contributed by atoms with Crippen molar-refractivity contribution in [2.24, 2.45) is 0 Å². The van der Waals surface area contributed by atoms with Crippen molar-refractivity contribution in [2.75, 3.05) is 0 Å². The Hall–Kier alpha value is -7.00. The van der Waals surface area contributed by atoms with Gasteiger partial charge in [0.25, 0.3) is 0 Å². The second-order valence-corrected chi connectivity index (χ2v) is 17.4. The predicted molar refractivity (Wildman–Crippen MR) is 258 cm³/mol. The van der Waals surface area contributed by atoms with Crippen LogP contribution in [0.3, 0.4) is 0 Å². The third-order valence-corrected chi connectivity index (χ3v) is 10.4. The Morgan fingerprint density at radius 2 is 0.791 bits per heavy atom. The Morgan fingerprint density at radius 3 is 1.13 bits per heavy atom. The summed E-state index contributed by atoms with van der Waals surface area (Å²) in [6.07, 6.45) is 0.780. The third kappa shape index (κ3) is 13.5. The largest absolute Gasteiger partial charge is 3.00 e. The van der Waals surface area contributed by atoms with E-state index in [1.54, 1.807) is 24.7 Å². The van der Waals surface area contributed by atoms with E-state index in [4.69, 9.17) is 15.0 Å². The van der Waals surface area contributed by atoms with Gasteiger partial charge < -0.3 is 15.0 Å². The molecule has 5 aromatic carbocycles. The van der Waals surface area contributed by atoms with Crippen LogP contribution >= 0.6 is 0 Å². The number of pyridine rings is 3. The van der Waals surface area contributed by atoms with Gasteiger partial charge in [0.05, 0.1) is 0 Å². The Balaban J connectivity index is 0.000000238. The van der Waals surface area contributed by atoms with Crippen molar-refractivity contribution in [3.63, 3.8) is 0 Å². The van der Waals surface area contributed by atoms with Gasteiger partial charge in [-0.3, -0.25) is 0 Å². The number of alkyl halides is 3. The zero-order valence-corrected chi connectivity index (χ0v) is 40.4. The van der Waals surface area contributed by atoms with Gasteiger partial charge in [0.15, 0.2) is 17.5 Å². The normalized spacial score (nSPS) is 11.2. The van der Waals surface area contributed by atoms with Crippen LogP contribution < -0.4 is 0 Å². The van der Waals surface area contributed by atoms with Gasteiger partial charge in [0.2, 0.25) is 0 Å². The Morgan fingerprint density at radius 1 is 0.388 bits per heavy atom. The molecule has 0 fully saturated rings. The summed E-state index contributed by atoms with van der Waals surface area (Å²) in [5, 5.41) is 0. The van der Waals surface area contributed by atoms with Crippen LogP contribution in [0.15, 0.2) is 182 Å². The first-order valence-electron chi connectivity index (χ1n) is 21.4. The standard InChI is InChI=1S/C35H32F3N4.2C11H8N.Ir/c1-33(2,3)26-14-9-23(10-15-26)30-40-31(24-11-16-27(17-12-24)34(4,5)6)42-32(41-30)25-13-20-29(39-21-25)22-7-18-28(19-8-22)35(36,37)38;2*1-2-6-10(7-3-1)11-8-4-5-9-12-11;/h7,9-21H,1-6H3;2*1-6,8-9H;/q3*-1;+3. The van der Waals surface area contributed by atoms with Crippen LogP contribution in [0, 0.1) is 18.2 Å². The smallest absolute Gasteiger partial charge is 0.305 e. The van der Waals surface area contributed by atoms with Crippen LogP contribution in [-0.2, 0) is 37.1 Å². The van der Waals surface area contributed by atoms with Gasteiger partial charge in [-0.2, -0.15) is 13.2 Å². The van der Waals surface area contributed by atoms with Crippen molar-refractivity contribution < 1.29 is 33.3 Å². The molecule has 6 nitrogen and oxygen atoms in total. The molecule has 0 N–H and O–H groups in total. The van der Waals surface area contributed by atoms with Crippen molar-refractivity contribution in [3.05, 3.63) is 217 Å². The molecule has 9 aromatic rings. The van der Waals surface area contributed by atoms with E-state index in [1.807, 2.05) is 115 Å². The molecule has 0 aliphatic rings. The van der Waals surface area contributed by atoms with Gasteiger partial charge in [0.1, 0.15) is 0 Å². The van der Waals surface area contributed by atoms with Crippen LogP contribution in [0.4, 0.5) is 13.2 Å². The summed E-state index contributed by atoms with van der Waals surface area (Å²) in [7, 11) is 0. The monoisotopic (exact) mass is 1070 g/mol. The SMILES string of the molecule is CC(C)(C)c1ccc(-c2nc(-c3ccc(C(C)(C)C)cc3)nc(-c3ccc(-c4[c-]cc(C(F)(F)F)cc4)nc3)n2)cc1.[Ir+3].[c-]1ccccc1-c1ccccn1.[c-]1ccccc1-c1ccccn1. The topological polar surface area (TPSA) is 77.3 Å². The van der Waals surface area contributed by atoms with Crippen molar-refractivity contribution in [1.82, 2.24) is 29.9 Å². The Kier molecular flexibility index (Phi) is 16.2. The molecule has 0 unspecified atom stereocenters. The maximum absolute atomic E-state index is 13.0. The minimum Gasteiger partial charge on any atom is -0.305 e. The van der Waals surface area contributed by atoms with Gasteiger partial charge in [0, 0.05) is 35.3 Å². The second kappa shape index (κ2) is 22.0. The fraction of sp³-hybridized carbons (Fsp3) is 0.158. The predicted octanol–water partition coefficient (Wildman–Crippen LogP) is 14.4. The number of halogens is 3. The van der Waals surface area contributed by atoms with Crippen molar-refractivity contribution >= 4 is 0 Å². The molecule has 9 rings (SSSR count). The third-order valence-electron chi connectivity index (χ3n) is 10.4. The van der Waals surface area contributed by atoms with Crippen LogP contribution in [0.25, 0.3) is 67.9 Å². The number of benzene rings is 5. The zero-order chi connectivity index (χ0) is 46.7. The number of nitrogens with zero attached hydrogens (tertiary/aromatic N) is 6. The molecule has 67 heavy (non-hydrogen) atoms. The summed E-state index contributed by atoms with van der Waals surface area (Å²) < 4.78 is 38.9. The Labute approximate surface area is 404 Å². The first-order chi connectivity index (χ1) is 31.6. The maximum Gasteiger partial charge on any atom is 3.00 e. The number of hydrogen-bond donors (Lipinski definition) is 0. The molecule has 0 aliphatic carbocycles. The first kappa shape index (κ1) is 49.4. The average Bonchev–Trinajstić information content (AvgIpc) is 3.35. The molecule has 0 bridgehead atoms. The van der Waals surface area contributed by atoms with E-state index in [0.29, 0.717) is 34.3 Å². The number of aromatic nitrogens is 6. The maximum atomic E-state index is 13.0. The van der Waals surface area contributed by atoms with Crippen LogP contribution in [0.5, 0.6) is 0 Å².